The summed E-state index contributed by atoms with van der Waals surface area (Å²) < 4.78 is 4.59. The van der Waals surface area contributed by atoms with Crippen LogP contribution >= 0.6 is 0 Å². The van der Waals surface area contributed by atoms with Gasteiger partial charge in [-0.25, -0.2) is 9.78 Å². The predicted molar refractivity (Wildman–Crippen MR) is 72.4 cm³/mol. The van der Waals surface area contributed by atoms with Crippen LogP contribution in [0.1, 0.15) is 0 Å². The molecule has 1 aromatic heterocycles. The number of nitrogens with zero attached hydrogens (tertiary/aromatic N) is 2. The van der Waals surface area contributed by atoms with Crippen LogP contribution in [0.15, 0.2) is 30.5 Å². The predicted octanol–water partition coefficient (Wildman–Crippen LogP) is 1.65. The number of nitrogens with one attached hydrogen (secondary N) is 1. The maximum absolute atomic E-state index is 10.9. The van der Waals surface area contributed by atoms with Crippen molar-refractivity contribution in [2.24, 2.45) is 5.73 Å². The molecule has 104 valence electrons. The van der Waals surface area contributed by atoms with Crippen LogP contribution in [0.3, 0.4) is 0 Å². The first kappa shape index (κ1) is 13.5. The normalized spacial score (nSPS) is 10.2. The Morgan fingerprint density at radius 3 is 2.95 bits per heavy atom. The molecule has 20 heavy (non-hydrogen) atoms. The van der Waals surface area contributed by atoms with Crippen molar-refractivity contribution in [2.75, 3.05) is 18.5 Å². The molecule has 1 heterocycles. The van der Waals surface area contributed by atoms with Gasteiger partial charge in [0.1, 0.15) is 12.1 Å². The largest absolute Gasteiger partial charge is 0.448 e. The lowest BCUT2D eigenvalue weighted by molar-refractivity contribution is -0.383. The Bertz CT molecular complexity index is 659. The van der Waals surface area contributed by atoms with Gasteiger partial charge in [-0.05, 0) is 6.07 Å². The molecule has 1 aromatic carbocycles. The number of fused-ring (bicyclic) bond motifs is 1. The fourth-order valence-electron chi connectivity index (χ4n) is 1.80. The number of aromatic nitrogens is 1. The van der Waals surface area contributed by atoms with Gasteiger partial charge in [0.15, 0.2) is 0 Å². The molecule has 0 aliphatic heterocycles. The molecule has 0 radical (unpaired) electrons. The Hall–Kier alpha value is -2.90. The lowest BCUT2D eigenvalue weighted by Crippen LogP contribution is -2.18. The summed E-state index contributed by atoms with van der Waals surface area (Å²) in [7, 11) is 0. The van der Waals surface area contributed by atoms with Gasteiger partial charge in [-0.3, -0.25) is 10.1 Å². The number of ether oxygens (including phenoxy) is 1. The lowest BCUT2D eigenvalue weighted by Gasteiger charge is -2.09. The Labute approximate surface area is 113 Å². The third-order valence-corrected chi connectivity index (χ3v) is 2.61. The molecular weight excluding hydrogens is 264 g/mol. The maximum Gasteiger partial charge on any atom is 0.404 e. The first-order valence-corrected chi connectivity index (χ1v) is 5.78. The van der Waals surface area contributed by atoms with Crippen LogP contribution in [0.2, 0.25) is 0 Å². The number of benzene rings is 1. The summed E-state index contributed by atoms with van der Waals surface area (Å²) in [6.07, 6.45) is 0.633. The Morgan fingerprint density at radius 1 is 1.45 bits per heavy atom. The highest BCUT2D eigenvalue weighted by Gasteiger charge is 2.14. The van der Waals surface area contributed by atoms with E-state index in [0.29, 0.717) is 23.1 Å². The molecule has 0 saturated carbocycles. The van der Waals surface area contributed by atoms with Crippen LogP contribution in [-0.4, -0.2) is 29.2 Å². The molecule has 8 heteroatoms. The minimum absolute atomic E-state index is 0.0560. The number of nitrogens with two attached hydrogens (primary N) is 1. The van der Waals surface area contributed by atoms with Crippen molar-refractivity contribution in [1.82, 2.24) is 4.98 Å². The van der Waals surface area contributed by atoms with Gasteiger partial charge < -0.3 is 15.8 Å². The van der Waals surface area contributed by atoms with Crippen molar-refractivity contribution in [3.05, 3.63) is 40.6 Å². The smallest absolute Gasteiger partial charge is 0.404 e. The van der Waals surface area contributed by atoms with Gasteiger partial charge in [0.25, 0.3) is 5.69 Å². The first-order valence-electron chi connectivity index (χ1n) is 5.78. The molecule has 1 amide bonds. The van der Waals surface area contributed by atoms with Crippen molar-refractivity contribution in [3.8, 4) is 0 Å². The number of carbonyl (C=O) groups is 1. The minimum Gasteiger partial charge on any atom is -0.448 e. The molecule has 0 saturated heterocycles. The lowest BCUT2D eigenvalue weighted by atomic mass is 10.1. The number of primary amides is 1. The maximum atomic E-state index is 10.9. The van der Waals surface area contributed by atoms with E-state index in [1.807, 2.05) is 0 Å². The number of hydrogen-bond donors (Lipinski definition) is 2. The monoisotopic (exact) mass is 276 g/mol. The van der Waals surface area contributed by atoms with Crippen molar-refractivity contribution in [3.63, 3.8) is 0 Å². The molecule has 0 atom stereocenters. The van der Waals surface area contributed by atoms with Crippen LogP contribution in [0.5, 0.6) is 0 Å². The molecule has 0 fully saturated rings. The number of amides is 1. The summed E-state index contributed by atoms with van der Waals surface area (Å²) in [5.74, 6) is 0. The molecule has 0 unspecified atom stereocenters. The van der Waals surface area contributed by atoms with Gasteiger partial charge in [0.2, 0.25) is 0 Å². The highest BCUT2D eigenvalue weighted by Crippen LogP contribution is 2.28. The molecule has 2 aromatic rings. The van der Waals surface area contributed by atoms with Crippen LogP contribution in [-0.2, 0) is 4.74 Å². The molecule has 3 N–H and O–H groups in total. The van der Waals surface area contributed by atoms with Gasteiger partial charge in [-0.1, -0.05) is 12.1 Å². The average Bonchev–Trinajstić information content (AvgIpc) is 2.42. The van der Waals surface area contributed by atoms with E-state index in [1.54, 1.807) is 18.2 Å². The number of hydrogen-bond acceptors (Lipinski definition) is 6. The number of rotatable bonds is 5. The van der Waals surface area contributed by atoms with Crippen molar-refractivity contribution in [2.45, 2.75) is 0 Å². The summed E-state index contributed by atoms with van der Waals surface area (Å²) in [5, 5.41) is 14.6. The number of non-ortho nitro benzene ring substituents is 1. The fraction of sp³-hybridized carbons (Fsp3) is 0.167. The molecule has 2 rings (SSSR count). The van der Waals surface area contributed by atoms with E-state index < -0.39 is 11.0 Å². The van der Waals surface area contributed by atoms with E-state index in [9.17, 15) is 14.9 Å². The topological polar surface area (TPSA) is 120 Å². The number of carbonyl (C=O) groups excluding carboxylic acids is 1. The number of nitro benzene ring substituents is 1. The second kappa shape index (κ2) is 5.83. The number of pyridine rings is 1. The summed E-state index contributed by atoms with van der Waals surface area (Å²) in [6.45, 7) is 0.443. The number of anilines is 1. The first-order chi connectivity index (χ1) is 9.59. The van der Waals surface area contributed by atoms with E-state index in [1.165, 1.54) is 12.3 Å². The van der Waals surface area contributed by atoms with Gasteiger partial charge in [-0.2, -0.15) is 0 Å². The number of para-hydroxylation sites is 1. The summed E-state index contributed by atoms with van der Waals surface area (Å²) in [6, 6.07) is 6.41. The Kier molecular flexibility index (Phi) is 3.94. The molecule has 0 aliphatic carbocycles. The standard InChI is InChI=1S/C12H12N4O4/c13-12(17)20-7-6-14-9-4-5-15-11-8(9)2-1-3-10(11)16(18)19/h1-5H,6-7H2,(H2,13,17)(H,14,15). The third kappa shape index (κ3) is 2.91. The highest BCUT2D eigenvalue weighted by atomic mass is 16.6. The van der Waals surface area contributed by atoms with E-state index in [2.05, 4.69) is 15.0 Å². The van der Waals surface area contributed by atoms with Crippen LogP contribution in [0.4, 0.5) is 16.2 Å². The number of nitro groups is 1. The molecule has 0 aliphatic rings. The van der Waals surface area contributed by atoms with Gasteiger partial charge >= 0.3 is 6.09 Å². The molecular formula is C12H12N4O4. The second-order valence-electron chi connectivity index (χ2n) is 3.88. The SMILES string of the molecule is NC(=O)OCCNc1ccnc2c([N+](=O)[O-])cccc12. The quantitative estimate of drug-likeness (QED) is 0.486. The summed E-state index contributed by atoms with van der Waals surface area (Å²) >= 11 is 0. The van der Waals surface area contributed by atoms with Crippen molar-refractivity contribution in [1.29, 1.82) is 0 Å². The average molecular weight is 276 g/mol. The highest BCUT2D eigenvalue weighted by molar-refractivity contribution is 5.96. The van der Waals surface area contributed by atoms with Crippen LogP contribution in [0.25, 0.3) is 10.9 Å². The molecule has 0 bridgehead atoms. The van der Waals surface area contributed by atoms with E-state index >= 15 is 0 Å². The van der Waals surface area contributed by atoms with E-state index in [4.69, 9.17) is 5.73 Å². The Morgan fingerprint density at radius 2 is 2.25 bits per heavy atom. The Balaban J connectivity index is 2.24. The summed E-state index contributed by atoms with van der Waals surface area (Å²) in [5.41, 5.74) is 5.76. The second-order valence-corrected chi connectivity index (χ2v) is 3.88. The van der Waals surface area contributed by atoms with Crippen molar-refractivity contribution < 1.29 is 14.5 Å². The third-order valence-electron chi connectivity index (χ3n) is 2.61. The molecule has 0 spiro atoms. The minimum atomic E-state index is -0.845. The van der Waals surface area contributed by atoms with Crippen LogP contribution < -0.4 is 11.1 Å². The zero-order chi connectivity index (χ0) is 14.5. The fourth-order valence-corrected chi connectivity index (χ4v) is 1.80. The summed E-state index contributed by atoms with van der Waals surface area (Å²) in [4.78, 5) is 24.9. The van der Waals surface area contributed by atoms with E-state index in [0.717, 1.165) is 0 Å². The van der Waals surface area contributed by atoms with E-state index in [-0.39, 0.29) is 12.3 Å². The zero-order valence-electron chi connectivity index (χ0n) is 10.4. The molecule has 8 nitrogen and oxygen atoms in total. The van der Waals surface area contributed by atoms with Gasteiger partial charge in [0.05, 0.1) is 4.92 Å². The zero-order valence-corrected chi connectivity index (χ0v) is 10.4. The van der Waals surface area contributed by atoms with Gasteiger partial charge in [-0.15, -0.1) is 0 Å². The van der Waals surface area contributed by atoms with Gasteiger partial charge in [0, 0.05) is 29.9 Å². The van der Waals surface area contributed by atoms with Crippen LogP contribution in [0, 0.1) is 10.1 Å². The van der Waals surface area contributed by atoms with Crippen molar-refractivity contribution >= 4 is 28.4 Å².